The molecule has 0 unspecified atom stereocenters. The summed E-state index contributed by atoms with van der Waals surface area (Å²) in [4.78, 5) is 12.9. The van der Waals surface area contributed by atoms with Gasteiger partial charge in [-0.2, -0.15) is 4.98 Å². The number of nitrogens with zero attached hydrogens (tertiary/aromatic N) is 4. The zero-order valence-electron chi connectivity index (χ0n) is 13.4. The molecule has 0 aliphatic rings. The van der Waals surface area contributed by atoms with E-state index in [0.717, 1.165) is 25.3 Å². The van der Waals surface area contributed by atoms with E-state index < -0.39 is 0 Å². The van der Waals surface area contributed by atoms with Gasteiger partial charge in [0.15, 0.2) is 5.82 Å². The number of rotatable bonds is 8. The molecule has 120 valence electrons. The molecule has 22 heavy (non-hydrogen) atoms. The van der Waals surface area contributed by atoms with Crippen LogP contribution in [0.15, 0.2) is 18.7 Å². The molecular weight excluding hydrogens is 280 g/mol. The van der Waals surface area contributed by atoms with Gasteiger partial charge in [-0.25, -0.2) is 9.97 Å². The van der Waals surface area contributed by atoms with Gasteiger partial charge in [0.1, 0.15) is 11.5 Å². The average Bonchev–Trinajstić information content (AvgIpc) is 3.00. The van der Waals surface area contributed by atoms with Gasteiger partial charge < -0.3 is 20.4 Å². The van der Waals surface area contributed by atoms with Gasteiger partial charge in [-0.3, -0.25) is 0 Å². The lowest BCUT2D eigenvalue weighted by atomic mass is 10.2. The second kappa shape index (κ2) is 7.63. The van der Waals surface area contributed by atoms with E-state index in [9.17, 15) is 0 Å². The third-order valence-electron chi connectivity index (χ3n) is 3.17. The lowest BCUT2D eigenvalue weighted by Crippen LogP contribution is -2.13. The van der Waals surface area contributed by atoms with E-state index >= 15 is 0 Å². The summed E-state index contributed by atoms with van der Waals surface area (Å²) >= 11 is 0. The predicted octanol–water partition coefficient (Wildman–Crippen LogP) is 2.28. The largest absolute Gasteiger partial charge is 0.476 e. The highest BCUT2D eigenvalue weighted by Gasteiger charge is 2.14. The van der Waals surface area contributed by atoms with Crippen molar-refractivity contribution in [1.29, 1.82) is 0 Å². The SMILES string of the molecule is CCOc1nc(C(C)C)nc(NCCCn2ccnc2)c1N. The van der Waals surface area contributed by atoms with Gasteiger partial charge in [0.2, 0.25) is 5.88 Å². The number of aryl methyl sites for hydroxylation is 1. The molecule has 3 N–H and O–H groups in total. The third kappa shape index (κ3) is 4.09. The van der Waals surface area contributed by atoms with E-state index in [1.807, 2.05) is 37.9 Å². The number of nitrogens with two attached hydrogens (primary N) is 1. The highest BCUT2D eigenvalue weighted by Crippen LogP contribution is 2.28. The minimum Gasteiger partial charge on any atom is -0.476 e. The van der Waals surface area contributed by atoms with Crippen LogP contribution in [0, 0.1) is 0 Å². The number of nitrogens with one attached hydrogen (secondary N) is 1. The van der Waals surface area contributed by atoms with Crippen molar-refractivity contribution in [3.63, 3.8) is 0 Å². The zero-order chi connectivity index (χ0) is 15.9. The molecule has 0 aliphatic carbocycles. The summed E-state index contributed by atoms with van der Waals surface area (Å²) in [6.07, 6.45) is 6.48. The fourth-order valence-electron chi connectivity index (χ4n) is 1.99. The Bertz CT molecular complexity index is 582. The van der Waals surface area contributed by atoms with Crippen molar-refractivity contribution < 1.29 is 4.74 Å². The monoisotopic (exact) mass is 304 g/mol. The molecule has 2 aromatic heterocycles. The molecule has 0 spiro atoms. The first-order valence-corrected chi connectivity index (χ1v) is 7.61. The molecule has 0 amide bonds. The summed E-state index contributed by atoms with van der Waals surface area (Å²) < 4.78 is 7.54. The summed E-state index contributed by atoms with van der Waals surface area (Å²) in [6, 6.07) is 0. The van der Waals surface area contributed by atoms with Crippen LogP contribution in [0.5, 0.6) is 5.88 Å². The van der Waals surface area contributed by atoms with Crippen molar-refractivity contribution in [3.05, 3.63) is 24.5 Å². The molecule has 2 heterocycles. The summed E-state index contributed by atoms with van der Waals surface area (Å²) in [5, 5.41) is 3.28. The van der Waals surface area contributed by atoms with E-state index in [-0.39, 0.29) is 5.92 Å². The summed E-state index contributed by atoms with van der Waals surface area (Å²) in [7, 11) is 0. The van der Waals surface area contributed by atoms with E-state index in [2.05, 4.69) is 20.3 Å². The first-order valence-electron chi connectivity index (χ1n) is 7.61. The molecule has 7 nitrogen and oxygen atoms in total. The van der Waals surface area contributed by atoms with Crippen molar-refractivity contribution in [2.75, 3.05) is 24.2 Å². The standard InChI is InChI=1S/C15H24N6O/c1-4-22-15-12(16)14(19-13(20-15)11(2)3)18-6-5-8-21-9-7-17-10-21/h7,9-11H,4-6,8,16H2,1-3H3,(H,18,19,20). The lowest BCUT2D eigenvalue weighted by Gasteiger charge is -2.15. The topological polar surface area (TPSA) is 90.9 Å². The number of hydrogen-bond acceptors (Lipinski definition) is 6. The highest BCUT2D eigenvalue weighted by atomic mass is 16.5. The summed E-state index contributed by atoms with van der Waals surface area (Å²) in [5.74, 6) is 2.05. The van der Waals surface area contributed by atoms with Crippen LogP contribution >= 0.6 is 0 Å². The van der Waals surface area contributed by atoms with Gasteiger partial charge in [-0.1, -0.05) is 13.8 Å². The Morgan fingerprint density at radius 1 is 1.36 bits per heavy atom. The van der Waals surface area contributed by atoms with Crippen molar-refractivity contribution in [2.45, 2.75) is 39.7 Å². The molecule has 0 bridgehead atoms. The van der Waals surface area contributed by atoms with E-state index in [4.69, 9.17) is 10.5 Å². The highest BCUT2D eigenvalue weighted by molar-refractivity contribution is 5.67. The van der Waals surface area contributed by atoms with Gasteiger partial charge in [0.05, 0.1) is 12.9 Å². The zero-order valence-corrected chi connectivity index (χ0v) is 13.4. The second-order valence-corrected chi connectivity index (χ2v) is 5.32. The Morgan fingerprint density at radius 2 is 2.18 bits per heavy atom. The molecule has 0 aromatic carbocycles. The molecule has 0 saturated carbocycles. The van der Waals surface area contributed by atoms with Crippen molar-refractivity contribution in [3.8, 4) is 5.88 Å². The maximum absolute atomic E-state index is 6.09. The van der Waals surface area contributed by atoms with Gasteiger partial charge in [-0.15, -0.1) is 0 Å². The molecule has 2 aromatic rings. The maximum atomic E-state index is 6.09. The number of aromatic nitrogens is 4. The predicted molar refractivity (Wildman–Crippen MR) is 87.0 cm³/mol. The van der Waals surface area contributed by atoms with Crippen LogP contribution < -0.4 is 15.8 Å². The number of ether oxygens (including phenoxy) is 1. The number of hydrogen-bond donors (Lipinski definition) is 2. The minimum atomic E-state index is 0.214. The van der Waals surface area contributed by atoms with Crippen LogP contribution in [0.3, 0.4) is 0 Å². The Morgan fingerprint density at radius 3 is 2.82 bits per heavy atom. The molecule has 0 aliphatic heterocycles. The minimum absolute atomic E-state index is 0.214. The second-order valence-electron chi connectivity index (χ2n) is 5.32. The number of nitrogen functional groups attached to an aromatic ring is 1. The molecular formula is C15H24N6O. The summed E-state index contributed by atoms with van der Waals surface area (Å²) in [5.41, 5.74) is 6.55. The Kier molecular flexibility index (Phi) is 5.57. The van der Waals surface area contributed by atoms with Crippen molar-refractivity contribution >= 4 is 11.5 Å². The van der Waals surface area contributed by atoms with Gasteiger partial charge in [0, 0.05) is 31.4 Å². The van der Waals surface area contributed by atoms with E-state index in [1.54, 1.807) is 6.20 Å². The van der Waals surface area contributed by atoms with Crippen LogP contribution in [0.25, 0.3) is 0 Å². The molecule has 0 atom stereocenters. The quantitative estimate of drug-likeness (QED) is 0.727. The maximum Gasteiger partial charge on any atom is 0.242 e. The van der Waals surface area contributed by atoms with Crippen LogP contribution in [-0.4, -0.2) is 32.7 Å². The van der Waals surface area contributed by atoms with Gasteiger partial charge in [-0.05, 0) is 13.3 Å². The summed E-state index contributed by atoms with van der Waals surface area (Å²) in [6.45, 7) is 8.19. The van der Waals surface area contributed by atoms with Crippen molar-refractivity contribution in [2.24, 2.45) is 0 Å². The first-order chi connectivity index (χ1) is 10.6. The molecule has 7 heteroatoms. The fourth-order valence-corrected chi connectivity index (χ4v) is 1.99. The molecule has 0 fully saturated rings. The van der Waals surface area contributed by atoms with Crippen LogP contribution in [-0.2, 0) is 6.54 Å². The van der Waals surface area contributed by atoms with E-state index in [1.165, 1.54) is 0 Å². The Balaban J connectivity index is 2.01. The first kappa shape index (κ1) is 16.1. The van der Waals surface area contributed by atoms with Gasteiger partial charge >= 0.3 is 0 Å². The van der Waals surface area contributed by atoms with Crippen LogP contribution in [0.1, 0.15) is 38.9 Å². The van der Waals surface area contributed by atoms with Crippen molar-refractivity contribution in [1.82, 2.24) is 19.5 Å². The average molecular weight is 304 g/mol. The van der Waals surface area contributed by atoms with Gasteiger partial charge in [0.25, 0.3) is 0 Å². The van der Waals surface area contributed by atoms with Crippen LogP contribution in [0.4, 0.5) is 11.5 Å². The number of anilines is 2. The molecule has 2 rings (SSSR count). The van der Waals surface area contributed by atoms with E-state index in [0.29, 0.717) is 24.0 Å². The molecule has 0 saturated heterocycles. The fraction of sp³-hybridized carbons (Fsp3) is 0.533. The smallest absolute Gasteiger partial charge is 0.242 e. The van der Waals surface area contributed by atoms with Crippen LogP contribution in [0.2, 0.25) is 0 Å². The third-order valence-corrected chi connectivity index (χ3v) is 3.17. The Hall–Kier alpha value is -2.31. The Labute approximate surface area is 130 Å². The molecule has 0 radical (unpaired) electrons. The normalized spacial score (nSPS) is 10.9. The number of imidazole rings is 1. The lowest BCUT2D eigenvalue weighted by molar-refractivity contribution is 0.326.